The summed E-state index contributed by atoms with van der Waals surface area (Å²) in [5.74, 6) is 2.31. The molecule has 182 valence electrons. The molecule has 0 aliphatic heterocycles. The molecule has 0 radical (unpaired) electrons. The first-order chi connectivity index (χ1) is 15.6. The lowest BCUT2D eigenvalue weighted by Crippen LogP contribution is -2.38. The van der Waals surface area contributed by atoms with Gasteiger partial charge in [-0.25, -0.2) is 0 Å². The number of aliphatic imine (C=N–C) groups is 1. The van der Waals surface area contributed by atoms with Gasteiger partial charge in [-0.15, -0.1) is 24.0 Å². The van der Waals surface area contributed by atoms with Gasteiger partial charge in [0.2, 0.25) is 0 Å². The van der Waals surface area contributed by atoms with Crippen LogP contribution in [0.25, 0.3) is 0 Å². The Kier molecular flexibility index (Phi) is 12.1. The van der Waals surface area contributed by atoms with Gasteiger partial charge >= 0.3 is 0 Å². The number of anilines is 1. The van der Waals surface area contributed by atoms with Crippen LogP contribution < -0.4 is 20.7 Å². The zero-order valence-electron chi connectivity index (χ0n) is 19.3. The number of amides is 1. The van der Waals surface area contributed by atoms with E-state index < -0.39 is 0 Å². The molecule has 33 heavy (non-hydrogen) atoms. The van der Waals surface area contributed by atoms with Gasteiger partial charge in [0, 0.05) is 38.5 Å². The third-order valence-corrected chi connectivity index (χ3v) is 4.70. The maximum atomic E-state index is 12.0. The van der Waals surface area contributed by atoms with E-state index in [0.717, 1.165) is 30.4 Å². The third-order valence-electron chi connectivity index (χ3n) is 4.70. The second-order valence-electron chi connectivity index (χ2n) is 8.08. The molecule has 1 fully saturated rings. The number of hydrogen-bond acceptors (Lipinski definition) is 5. The van der Waals surface area contributed by atoms with Crippen molar-refractivity contribution in [2.45, 2.75) is 39.2 Å². The van der Waals surface area contributed by atoms with Crippen molar-refractivity contribution in [3.63, 3.8) is 0 Å². The molecule has 1 aromatic heterocycles. The molecule has 1 aliphatic carbocycles. The molecule has 8 nitrogen and oxygen atoms in total. The van der Waals surface area contributed by atoms with E-state index in [1.807, 2.05) is 38.1 Å². The van der Waals surface area contributed by atoms with Crippen molar-refractivity contribution in [3.8, 4) is 5.75 Å². The topological polar surface area (TPSA) is 97.1 Å². The highest BCUT2D eigenvalue weighted by Crippen LogP contribution is 2.28. The highest BCUT2D eigenvalue weighted by Gasteiger charge is 2.20. The van der Waals surface area contributed by atoms with Crippen molar-refractivity contribution in [2.75, 3.05) is 38.2 Å². The average Bonchev–Trinajstić information content (AvgIpc) is 3.43. The number of nitrogens with one attached hydrogen (secondary N) is 3. The molecule has 1 heterocycles. The number of furan rings is 1. The van der Waals surface area contributed by atoms with Crippen LogP contribution in [0.4, 0.5) is 5.69 Å². The van der Waals surface area contributed by atoms with Gasteiger partial charge in [0.15, 0.2) is 11.7 Å². The predicted molar refractivity (Wildman–Crippen MR) is 141 cm³/mol. The highest BCUT2D eigenvalue weighted by molar-refractivity contribution is 14.0. The van der Waals surface area contributed by atoms with E-state index in [4.69, 9.17) is 13.9 Å². The van der Waals surface area contributed by atoms with Gasteiger partial charge in [0.05, 0.1) is 12.4 Å². The van der Waals surface area contributed by atoms with Crippen LogP contribution in [0.1, 0.15) is 43.7 Å². The maximum Gasteiger partial charge on any atom is 0.287 e. The predicted octanol–water partition coefficient (Wildman–Crippen LogP) is 4.29. The first-order valence-corrected chi connectivity index (χ1v) is 11.3. The van der Waals surface area contributed by atoms with Crippen LogP contribution in [0.3, 0.4) is 0 Å². The Morgan fingerprint density at radius 1 is 1.15 bits per heavy atom. The molecule has 0 bridgehead atoms. The lowest BCUT2D eigenvalue weighted by atomic mass is 10.3. The number of halogens is 1. The Hall–Kier alpha value is -2.27. The summed E-state index contributed by atoms with van der Waals surface area (Å²) in [6, 6.07) is 11.1. The van der Waals surface area contributed by atoms with E-state index in [1.165, 1.54) is 19.1 Å². The van der Waals surface area contributed by atoms with Crippen molar-refractivity contribution >= 4 is 41.5 Å². The zero-order valence-corrected chi connectivity index (χ0v) is 21.7. The maximum absolute atomic E-state index is 12.0. The van der Waals surface area contributed by atoms with Gasteiger partial charge in [-0.3, -0.25) is 9.79 Å². The number of guanidine groups is 1. The molecule has 1 aromatic carbocycles. The van der Waals surface area contributed by atoms with Crippen molar-refractivity contribution < 1.29 is 18.7 Å². The van der Waals surface area contributed by atoms with Gasteiger partial charge < -0.3 is 29.8 Å². The van der Waals surface area contributed by atoms with E-state index >= 15 is 0 Å². The summed E-state index contributed by atoms with van der Waals surface area (Å²) in [5, 5.41) is 9.38. The second-order valence-corrected chi connectivity index (χ2v) is 8.08. The number of rotatable bonds is 13. The van der Waals surface area contributed by atoms with E-state index in [2.05, 4.69) is 20.9 Å². The first-order valence-electron chi connectivity index (χ1n) is 11.3. The van der Waals surface area contributed by atoms with Crippen LogP contribution in [-0.2, 0) is 4.74 Å². The molecule has 1 aliphatic rings. The molecule has 9 heteroatoms. The Morgan fingerprint density at radius 2 is 1.91 bits per heavy atom. The summed E-state index contributed by atoms with van der Waals surface area (Å²) in [5.41, 5.74) is 0.900. The fourth-order valence-corrected chi connectivity index (χ4v) is 2.91. The summed E-state index contributed by atoms with van der Waals surface area (Å²) >= 11 is 0. The summed E-state index contributed by atoms with van der Waals surface area (Å²) in [6.07, 6.45) is 5.07. The number of carbonyl (C=O) groups is 1. The molecule has 3 rings (SSSR count). The van der Waals surface area contributed by atoms with Gasteiger partial charge in [-0.1, -0.05) is 0 Å². The monoisotopic (exact) mass is 570 g/mol. The lowest BCUT2D eigenvalue weighted by Gasteiger charge is -2.14. The molecule has 0 saturated heterocycles. The quantitative estimate of drug-likeness (QED) is 0.144. The van der Waals surface area contributed by atoms with Gasteiger partial charge in [-0.2, -0.15) is 0 Å². The zero-order chi connectivity index (χ0) is 22.6. The second kappa shape index (κ2) is 14.8. The summed E-state index contributed by atoms with van der Waals surface area (Å²) in [6.45, 7) is 7.19. The molecular weight excluding hydrogens is 535 g/mol. The molecule has 0 unspecified atom stereocenters. The number of benzene rings is 1. The van der Waals surface area contributed by atoms with Crippen molar-refractivity contribution in [1.29, 1.82) is 0 Å². The largest absolute Gasteiger partial charge is 0.491 e. The number of ether oxygens (including phenoxy) is 2. The minimum absolute atomic E-state index is 0. The van der Waals surface area contributed by atoms with E-state index in [9.17, 15) is 4.79 Å². The van der Waals surface area contributed by atoms with Crippen LogP contribution in [0.5, 0.6) is 5.75 Å². The third kappa shape index (κ3) is 10.9. The van der Waals surface area contributed by atoms with Gasteiger partial charge in [0.25, 0.3) is 5.91 Å². The molecule has 1 saturated carbocycles. The molecule has 1 amide bonds. The van der Waals surface area contributed by atoms with Crippen LogP contribution >= 0.6 is 24.0 Å². The van der Waals surface area contributed by atoms with Crippen molar-refractivity contribution in [2.24, 2.45) is 10.9 Å². The Bertz CT molecular complexity index is 837. The van der Waals surface area contributed by atoms with Gasteiger partial charge in [0.1, 0.15) is 5.75 Å². The van der Waals surface area contributed by atoms with Crippen LogP contribution in [0.2, 0.25) is 0 Å². The molecule has 2 aromatic rings. The van der Waals surface area contributed by atoms with Gasteiger partial charge in [-0.05, 0) is 75.4 Å². The molecular formula is C24H35IN4O4. The molecule has 0 atom stereocenters. The van der Waals surface area contributed by atoms with Crippen molar-refractivity contribution in [3.05, 3.63) is 48.4 Å². The summed E-state index contributed by atoms with van der Waals surface area (Å²) in [4.78, 5) is 16.6. The molecule has 3 N–H and O–H groups in total. The smallest absolute Gasteiger partial charge is 0.287 e. The number of carbonyl (C=O) groups excluding carboxylic acids is 1. The fourth-order valence-electron chi connectivity index (χ4n) is 2.91. The average molecular weight is 570 g/mol. The Morgan fingerprint density at radius 3 is 2.58 bits per heavy atom. The van der Waals surface area contributed by atoms with Crippen molar-refractivity contribution in [1.82, 2.24) is 10.6 Å². The number of nitrogens with zero attached hydrogens (tertiary/aromatic N) is 1. The molecule has 0 spiro atoms. The van der Waals surface area contributed by atoms with E-state index in [0.29, 0.717) is 38.0 Å². The number of hydrogen-bond donors (Lipinski definition) is 3. The van der Waals surface area contributed by atoms with Crippen LogP contribution in [0, 0.1) is 5.92 Å². The summed E-state index contributed by atoms with van der Waals surface area (Å²) in [7, 11) is 0. The lowest BCUT2D eigenvalue weighted by molar-refractivity contribution is 0.0926. The van der Waals surface area contributed by atoms with Crippen LogP contribution in [0.15, 0.2) is 52.1 Å². The minimum Gasteiger partial charge on any atom is -0.491 e. The normalized spacial score (nSPS) is 13.4. The highest BCUT2D eigenvalue weighted by atomic mass is 127. The first kappa shape index (κ1) is 27.0. The fraction of sp³-hybridized carbons (Fsp3) is 0.500. The minimum atomic E-state index is -0.239. The summed E-state index contributed by atoms with van der Waals surface area (Å²) < 4.78 is 16.5. The Balaban J connectivity index is 0.00000385. The van der Waals surface area contributed by atoms with E-state index in [1.54, 1.807) is 12.1 Å². The SMILES string of the molecule is CC(C)Oc1ccc(NC(=NCCCOCC2CC2)NCCNC(=O)c2ccco2)cc1.I. The van der Waals surface area contributed by atoms with Crippen LogP contribution in [-0.4, -0.2) is 50.8 Å². The Labute approximate surface area is 212 Å². The standard InChI is InChI=1S/C24H34N4O4.HI/c1-18(2)32-21-10-8-20(9-11-21)28-24(26-12-4-15-30-17-19-6-7-19)27-14-13-25-23(29)22-5-3-16-31-22;/h3,5,8-11,16,18-19H,4,6-7,12-15,17H2,1-2H3,(H,25,29)(H2,26,27,28);1H. The van der Waals surface area contributed by atoms with E-state index in [-0.39, 0.29) is 36.0 Å².